The van der Waals surface area contributed by atoms with Crippen molar-refractivity contribution in [2.75, 3.05) is 20.2 Å². The molecule has 0 bridgehead atoms. The predicted molar refractivity (Wildman–Crippen MR) is 136 cm³/mol. The minimum Gasteiger partial charge on any atom is -0.487 e. The van der Waals surface area contributed by atoms with Gasteiger partial charge in [0, 0.05) is 19.6 Å². The number of carbonyl (C=O) groups is 1. The van der Waals surface area contributed by atoms with Crippen molar-refractivity contribution in [3.63, 3.8) is 0 Å². The average Bonchev–Trinajstić information content (AvgIpc) is 3.73. The van der Waals surface area contributed by atoms with Crippen LogP contribution in [0.1, 0.15) is 72.8 Å². The van der Waals surface area contributed by atoms with Crippen molar-refractivity contribution in [3.8, 4) is 5.75 Å². The molecule has 5 rings (SSSR count). The van der Waals surface area contributed by atoms with E-state index >= 15 is 0 Å². The number of hydrogen-bond acceptors (Lipinski definition) is 4. The van der Waals surface area contributed by atoms with Crippen LogP contribution in [0.2, 0.25) is 0 Å². The highest BCUT2D eigenvalue weighted by Crippen LogP contribution is 2.49. The summed E-state index contributed by atoms with van der Waals surface area (Å²) in [6.45, 7) is 2.49. The predicted octanol–water partition coefficient (Wildman–Crippen LogP) is 7.39. The molecule has 0 amide bonds. The molecule has 1 saturated carbocycles. The normalized spacial score (nSPS) is 20.9. The van der Waals surface area contributed by atoms with E-state index in [2.05, 4.69) is 12.1 Å². The number of aryl methyl sites for hydroxylation is 1. The van der Waals surface area contributed by atoms with Gasteiger partial charge in [-0.1, -0.05) is 19.1 Å². The van der Waals surface area contributed by atoms with Crippen molar-refractivity contribution in [1.29, 1.82) is 0 Å². The zero-order chi connectivity index (χ0) is 28.9. The standard InChI is InChI=1S/C30H33F6NO3/c1-18(27(38)39-2)26(20-4-5-20)21-6-3-19-9-10-28(40-25(19)16-21)11-13-37(14-12-28)17-22-15-23(29(31,32)33)7-8-24(22)30(34,35)36/h3,6-8,15-16,18,20,26H,4-5,9-14,17H2,1-2H3/t18-,26-/m0/s1. The van der Waals surface area contributed by atoms with Crippen LogP contribution in [0.4, 0.5) is 26.3 Å². The number of carbonyl (C=O) groups excluding carboxylic acids is 1. The Kier molecular flexibility index (Phi) is 7.61. The van der Waals surface area contributed by atoms with Gasteiger partial charge < -0.3 is 9.47 Å². The van der Waals surface area contributed by atoms with Gasteiger partial charge in [0.25, 0.3) is 0 Å². The van der Waals surface area contributed by atoms with Crippen molar-refractivity contribution in [3.05, 3.63) is 64.2 Å². The number of likely N-dealkylation sites (tertiary alicyclic amines) is 1. The lowest BCUT2D eigenvalue weighted by Crippen LogP contribution is -2.49. The van der Waals surface area contributed by atoms with Crippen LogP contribution in [0.5, 0.6) is 5.75 Å². The second kappa shape index (κ2) is 10.6. The molecular weight excluding hydrogens is 536 g/mol. The van der Waals surface area contributed by atoms with Crippen molar-refractivity contribution in [2.24, 2.45) is 11.8 Å². The SMILES string of the molecule is COC(=O)[C@@H](C)[C@H](c1ccc2c(c1)OC1(CC2)CCN(Cc2cc(C(F)(F)F)ccc2C(F)(F)F)CC1)C1CC1. The summed E-state index contributed by atoms with van der Waals surface area (Å²) in [5.41, 5.74) is -0.857. The second-order valence-electron chi connectivity index (χ2n) is 11.5. The number of halogens is 6. The van der Waals surface area contributed by atoms with Crippen LogP contribution in [0.25, 0.3) is 0 Å². The fraction of sp³-hybridized carbons (Fsp3) is 0.567. The Balaban J connectivity index is 1.30. The molecule has 0 N–H and O–H groups in total. The Labute approximate surface area is 229 Å². The molecule has 0 unspecified atom stereocenters. The van der Waals surface area contributed by atoms with E-state index < -0.39 is 29.1 Å². The molecule has 2 aromatic rings. The number of hydrogen-bond donors (Lipinski definition) is 0. The molecule has 2 atom stereocenters. The Bertz CT molecular complexity index is 1240. The summed E-state index contributed by atoms with van der Waals surface area (Å²) in [5.74, 6) is 0.710. The van der Waals surface area contributed by atoms with Crippen LogP contribution < -0.4 is 4.74 Å². The van der Waals surface area contributed by atoms with Crippen molar-refractivity contribution in [2.45, 2.75) is 75.9 Å². The first-order valence-corrected chi connectivity index (χ1v) is 13.7. The number of alkyl halides is 6. The van der Waals surface area contributed by atoms with Crippen LogP contribution in [-0.4, -0.2) is 36.7 Å². The first-order valence-electron chi connectivity index (χ1n) is 13.7. The van der Waals surface area contributed by atoms with Gasteiger partial charge in [0.2, 0.25) is 0 Å². The Morgan fingerprint density at radius 3 is 2.33 bits per heavy atom. The number of piperidine rings is 1. The Morgan fingerprint density at radius 2 is 1.73 bits per heavy atom. The third-order valence-corrected chi connectivity index (χ3v) is 8.79. The number of nitrogens with zero attached hydrogens (tertiary/aromatic N) is 1. The molecule has 0 radical (unpaired) electrons. The summed E-state index contributed by atoms with van der Waals surface area (Å²) in [6, 6.07) is 7.78. The maximum Gasteiger partial charge on any atom is 0.416 e. The first kappa shape index (κ1) is 28.8. The molecular formula is C30H33F6NO3. The fourth-order valence-corrected chi connectivity index (χ4v) is 6.37. The Morgan fingerprint density at radius 1 is 1.02 bits per heavy atom. The van der Waals surface area contributed by atoms with E-state index in [-0.39, 0.29) is 29.9 Å². The van der Waals surface area contributed by atoms with Gasteiger partial charge in [-0.2, -0.15) is 26.3 Å². The molecule has 4 nitrogen and oxygen atoms in total. The van der Waals surface area contributed by atoms with Gasteiger partial charge in [0.1, 0.15) is 11.4 Å². The number of methoxy groups -OCH3 is 1. The van der Waals surface area contributed by atoms with Gasteiger partial charge in [-0.3, -0.25) is 9.69 Å². The third-order valence-electron chi connectivity index (χ3n) is 8.79. The van der Waals surface area contributed by atoms with E-state index in [1.54, 1.807) is 4.90 Å². The Hall–Kier alpha value is -2.75. The maximum atomic E-state index is 13.6. The monoisotopic (exact) mass is 569 g/mol. The first-order chi connectivity index (χ1) is 18.8. The minimum absolute atomic E-state index is 0.0383. The van der Waals surface area contributed by atoms with Crippen LogP contribution in [0.15, 0.2) is 36.4 Å². The molecule has 3 aliphatic rings. The van der Waals surface area contributed by atoms with Gasteiger partial charge in [-0.25, -0.2) is 0 Å². The van der Waals surface area contributed by atoms with Crippen molar-refractivity contribution < 1.29 is 40.6 Å². The highest BCUT2D eigenvalue weighted by atomic mass is 19.4. The lowest BCUT2D eigenvalue weighted by Gasteiger charge is -2.45. The van der Waals surface area contributed by atoms with Crippen LogP contribution in [0, 0.1) is 11.8 Å². The quantitative estimate of drug-likeness (QED) is 0.269. The van der Waals surface area contributed by atoms with Crippen LogP contribution in [0.3, 0.4) is 0 Å². The topological polar surface area (TPSA) is 38.8 Å². The summed E-state index contributed by atoms with van der Waals surface area (Å²) in [6.07, 6.45) is -4.67. The molecule has 2 aliphatic heterocycles. The zero-order valence-electron chi connectivity index (χ0n) is 22.5. The summed E-state index contributed by atoms with van der Waals surface area (Å²) in [7, 11) is 1.39. The molecule has 1 saturated heterocycles. The number of fused-ring (bicyclic) bond motifs is 1. The number of esters is 1. The highest BCUT2D eigenvalue weighted by molar-refractivity contribution is 5.73. The van der Waals surface area contributed by atoms with E-state index in [4.69, 9.17) is 9.47 Å². The van der Waals surface area contributed by atoms with Crippen molar-refractivity contribution in [1.82, 2.24) is 4.90 Å². The lowest BCUT2D eigenvalue weighted by molar-refractivity contribution is -0.146. The lowest BCUT2D eigenvalue weighted by atomic mass is 9.80. The van der Waals surface area contributed by atoms with E-state index in [0.29, 0.717) is 50.0 Å². The highest BCUT2D eigenvalue weighted by Gasteiger charge is 2.43. The zero-order valence-corrected chi connectivity index (χ0v) is 22.5. The molecule has 40 heavy (non-hydrogen) atoms. The minimum atomic E-state index is -4.74. The van der Waals surface area contributed by atoms with Crippen LogP contribution >= 0.6 is 0 Å². The molecule has 2 aromatic carbocycles. The van der Waals surface area contributed by atoms with E-state index in [9.17, 15) is 31.1 Å². The summed E-state index contributed by atoms with van der Waals surface area (Å²) in [5, 5.41) is 0. The molecule has 2 heterocycles. The molecule has 2 fully saturated rings. The average molecular weight is 570 g/mol. The molecule has 0 aromatic heterocycles. The molecule has 10 heteroatoms. The van der Waals surface area contributed by atoms with Crippen molar-refractivity contribution >= 4 is 5.97 Å². The summed E-state index contributed by atoms with van der Waals surface area (Å²) >= 11 is 0. The fourth-order valence-electron chi connectivity index (χ4n) is 6.37. The van der Waals surface area contributed by atoms with E-state index in [1.165, 1.54) is 7.11 Å². The third kappa shape index (κ3) is 5.97. The number of ether oxygens (including phenoxy) is 2. The van der Waals surface area contributed by atoms with E-state index in [0.717, 1.165) is 42.6 Å². The van der Waals surface area contributed by atoms with Gasteiger partial charge in [-0.15, -0.1) is 0 Å². The van der Waals surface area contributed by atoms with Crippen LogP contribution in [-0.2, 0) is 34.8 Å². The molecule has 1 aliphatic carbocycles. The number of rotatable bonds is 6. The van der Waals surface area contributed by atoms with Gasteiger partial charge >= 0.3 is 18.3 Å². The van der Waals surface area contributed by atoms with E-state index in [1.807, 2.05) is 13.0 Å². The number of benzene rings is 2. The van der Waals surface area contributed by atoms with Gasteiger partial charge in [0.05, 0.1) is 24.2 Å². The van der Waals surface area contributed by atoms with Gasteiger partial charge in [-0.05, 0) is 91.3 Å². The maximum absolute atomic E-state index is 13.6. The summed E-state index contributed by atoms with van der Waals surface area (Å²) < 4.78 is 92.0. The summed E-state index contributed by atoms with van der Waals surface area (Å²) in [4.78, 5) is 14.1. The molecule has 1 spiro atoms. The molecule has 218 valence electrons. The van der Waals surface area contributed by atoms with Gasteiger partial charge in [0.15, 0.2) is 0 Å². The largest absolute Gasteiger partial charge is 0.487 e. The smallest absolute Gasteiger partial charge is 0.416 e. The second-order valence-corrected chi connectivity index (χ2v) is 11.5.